The van der Waals surface area contributed by atoms with Gasteiger partial charge < -0.3 is 0 Å². The first-order valence-corrected chi connectivity index (χ1v) is 5.17. The molecule has 0 amide bonds. The molecule has 70 valence electrons. The van der Waals surface area contributed by atoms with E-state index in [1.165, 1.54) is 25.7 Å². The van der Waals surface area contributed by atoms with Gasteiger partial charge in [0.1, 0.15) is 0 Å². The van der Waals surface area contributed by atoms with Gasteiger partial charge in [0.25, 0.3) is 0 Å². The largest absolute Gasteiger partial charge is 0.507 e. The molecule has 0 aliphatic rings. The first kappa shape index (κ1) is 13.7. The standard InChI is InChI=1S/C6H14.FH2O3P/c1-3-5-6-4-2;1-5(2,3)4/h3-6H2,1-2H3;(H2,2,3,4). The Morgan fingerprint density at radius 2 is 1.36 bits per heavy atom. The molecule has 0 aromatic rings. The molecule has 0 unspecified atom stereocenters. The monoisotopic (exact) mass is 186 g/mol. The van der Waals surface area contributed by atoms with Crippen molar-refractivity contribution in [2.75, 3.05) is 0 Å². The second kappa shape index (κ2) is 8.18. The Labute approximate surface area is 66.9 Å². The van der Waals surface area contributed by atoms with Crippen LogP contribution in [0.3, 0.4) is 0 Å². The molecule has 0 radical (unpaired) electrons. The number of hydrogen-bond acceptors (Lipinski definition) is 1. The average Bonchev–Trinajstić information content (AvgIpc) is 1.79. The summed E-state index contributed by atoms with van der Waals surface area (Å²) in [5.41, 5.74) is 0. The molecule has 0 atom stereocenters. The summed E-state index contributed by atoms with van der Waals surface area (Å²) < 4.78 is 19.0. The van der Waals surface area contributed by atoms with Gasteiger partial charge in [-0.2, -0.15) is 0 Å². The minimum absolute atomic E-state index is 1.36. The van der Waals surface area contributed by atoms with E-state index >= 15 is 0 Å². The molecular formula is C6H16FO3P. The Hall–Kier alpha value is 0.0800. The van der Waals surface area contributed by atoms with Gasteiger partial charge in [-0.1, -0.05) is 39.5 Å². The highest BCUT2D eigenvalue weighted by Gasteiger charge is 2.04. The maximum atomic E-state index is 10.4. The van der Waals surface area contributed by atoms with Crippen LogP contribution in [0.2, 0.25) is 0 Å². The molecule has 0 aliphatic carbocycles. The molecule has 0 saturated heterocycles. The van der Waals surface area contributed by atoms with Gasteiger partial charge in [-0.05, 0) is 0 Å². The maximum Gasteiger partial charge on any atom is 0.507 e. The highest BCUT2D eigenvalue weighted by atomic mass is 31.2. The Morgan fingerprint density at radius 3 is 1.45 bits per heavy atom. The molecule has 0 bridgehead atoms. The Balaban J connectivity index is 0. The lowest BCUT2D eigenvalue weighted by molar-refractivity contribution is 0.322. The topological polar surface area (TPSA) is 57.5 Å². The SMILES string of the molecule is CCCCCC.O=P(O)(O)F. The van der Waals surface area contributed by atoms with Crippen molar-refractivity contribution in [1.29, 1.82) is 0 Å². The molecule has 3 nitrogen and oxygen atoms in total. The van der Waals surface area contributed by atoms with Crippen LogP contribution in [0.1, 0.15) is 39.5 Å². The number of unbranched alkanes of at least 4 members (excludes halogenated alkanes) is 3. The summed E-state index contributed by atoms with van der Waals surface area (Å²) in [6.07, 6.45) is 5.54. The van der Waals surface area contributed by atoms with E-state index in [1.807, 2.05) is 0 Å². The molecule has 0 rings (SSSR count). The van der Waals surface area contributed by atoms with Crippen molar-refractivity contribution >= 4 is 7.91 Å². The summed E-state index contributed by atoms with van der Waals surface area (Å²) in [4.78, 5) is 13.9. The van der Waals surface area contributed by atoms with E-state index in [0.29, 0.717) is 0 Å². The lowest BCUT2D eigenvalue weighted by Crippen LogP contribution is -1.66. The zero-order chi connectivity index (χ0) is 9.33. The Morgan fingerprint density at radius 1 is 1.18 bits per heavy atom. The highest BCUT2D eigenvalue weighted by molar-refractivity contribution is 7.45. The van der Waals surface area contributed by atoms with Crippen molar-refractivity contribution < 1.29 is 18.5 Å². The molecule has 0 aromatic heterocycles. The number of rotatable bonds is 3. The van der Waals surface area contributed by atoms with E-state index in [0.717, 1.165) is 0 Å². The van der Waals surface area contributed by atoms with Crippen LogP contribution in [0.15, 0.2) is 0 Å². The van der Waals surface area contributed by atoms with Crippen LogP contribution in [0.5, 0.6) is 0 Å². The van der Waals surface area contributed by atoms with Crippen LogP contribution >= 0.6 is 7.91 Å². The van der Waals surface area contributed by atoms with Crippen LogP contribution in [0, 0.1) is 0 Å². The fourth-order valence-corrected chi connectivity index (χ4v) is 0.500. The first-order valence-electron chi connectivity index (χ1n) is 3.67. The minimum Gasteiger partial charge on any atom is -0.299 e. The maximum absolute atomic E-state index is 10.4. The summed E-state index contributed by atoms with van der Waals surface area (Å²) in [7, 11) is -5.14. The predicted octanol–water partition coefficient (Wildman–Crippen LogP) is 2.64. The van der Waals surface area contributed by atoms with Crippen molar-refractivity contribution in [3.8, 4) is 0 Å². The second-order valence-corrected chi connectivity index (χ2v) is 3.13. The third-order valence-electron chi connectivity index (χ3n) is 0.957. The molecule has 0 aliphatic heterocycles. The number of halogens is 1. The number of hydrogen-bond donors (Lipinski definition) is 2. The molecule has 0 aromatic carbocycles. The Kier molecular flexibility index (Phi) is 10.2. The van der Waals surface area contributed by atoms with Crippen molar-refractivity contribution in [2.45, 2.75) is 39.5 Å². The van der Waals surface area contributed by atoms with Crippen LogP contribution in [-0.4, -0.2) is 9.79 Å². The molecule has 0 fully saturated rings. The van der Waals surface area contributed by atoms with E-state index in [-0.39, 0.29) is 0 Å². The summed E-state index contributed by atoms with van der Waals surface area (Å²) in [5, 5.41) is 0. The van der Waals surface area contributed by atoms with Gasteiger partial charge in [-0.25, -0.2) is 4.57 Å². The molecule has 5 heteroatoms. The summed E-state index contributed by atoms with van der Waals surface area (Å²) in [6, 6.07) is 0. The van der Waals surface area contributed by atoms with Gasteiger partial charge in [-0.15, -0.1) is 4.20 Å². The van der Waals surface area contributed by atoms with Gasteiger partial charge in [0.2, 0.25) is 0 Å². The zero-order valence-electron chi connectivity index (χ0n) is 6.96. The van der Waals surface area contributed by atoms with E-state index in [1.54, 1.807) is 0 Å². The van der Waals surface area contributed by atoms with E-state index in [2.05, 4.69) is 13.8 Å². The summed E-state index contributed by atoms with van der Waals surface area (Å²) in [5.74, 6) is 0. The lowest BCUT2D eigenvalue weighted by atomic mass is 10.2. The van der Waals surface area contributed by atoms with E-state index in [4.69, 9.17) is 14.4 Å². The van der Waals surface area contributed by atoms with Crippen molar-refractivity contribution in [3.63, 3.8) is 0 Å². The molecular weight excluding hydrogens is 170 g/mol. The third-order valence-corrected chi connectivity index (χ3v) is 0.957. The molecule has 11 heavy (non-hydrogen) atoms. The molecule has 0 saturated carbocycles. The van der Waals surface area contributed by atoms with Gasteiger partial charge in [0, 0.05) is 0 Å². The van der Waals surface area contributed by atoms with Crippen LogP contribution in [-0.2, 0) is 4.57 Å². The second-order valence-electron chi connectivity index (χ2n) is 2.18. The summed E-state index contributed by atoms with van der Waals surface area (Å²) in [6.45, 7) is 4.46. The van der Waals surface area contributed by atoms with Crippen LogP contribution < -0.4 is 0 Å². The van der Waals surface area contributed by atoms with Gasteiger partial charge in [0.05, 0.1) is 0 Å². The smallest absolute Gasteiger partial charge is 0.299 e. The van der Waals surface area contributed by atoms with Gasteiger partial charge in [0.15, 0.2) is 0 Å². The third kappa shape index (κ3) is 69.4. The van der Waals surface area contributed by atoms with Crippen molar-refractivity contribution in [3.05, 3.63) is 0 Å². The van der Waals surface area contributed by atoms with Crippen molar-refractivity contribution in [2.24, 2.45) is 0 Å². The van der Waals surface area contributed by atoms with Crippen LogP contribution in [0.4, 0.5) is 4.20 Å². The first-order chi connectivity index (χ1) is 4.91. The van der Waals surface area contributed by atoms with Gasteiger partial charge >= 0.3 is 7.91 Å². The fraction of sp³-hybridized carbons (Fsp3) is 1.00. The average molecular weight is 186 g/mol. The van der Waals surface area contributed by atoms with Crippen LogP contribution in [0.25, 0.3) is 0 Å². The highest BCUT2D eigenvalue weighted by Crippen LogP contribution is 2.34. The molecule has 2 N–H and O–H groups in total. The van der Waals surface area contributed by atoms with Crippen molar-refractivity contribution in [1.82, 2.24) is 0 Å². The Bertz CT molecular complexity index is 100. The van der Waals surface area contributed by atoms with E-state index in [9.17, 15) is 4.20 Å². The fourth-order valence-electron chi connectivity index (χ4n) is 0.500. The summed E-state index contributed by atoms with van der Waals surface area (Å²) >= 11 is 0. The van der Waals surface area contributed by atoms with E-state index < -0.39 is 7.91 Å². The predicted molar refractivity (Wildman–Crippen MR) is 43.0 cm³/mol. The quantitative estimate of drug-likeness (QED) is 0.526. The van der Waals surface area contributed by atoms with Gasteiger partial charge in [-0.3, -0.25) is 9.79 Å². The molecule has 0 spiro atoms. The normalized spacial score (nSPS) is 10.3. The minimum atomic E-state index is -5.14. The zero-order valence-corrected chi connectivity index (χ0v) is 7.85. The lowest BCUT2D eigenvalue weighted by Gasteiger charge is -1.86. The molecule has 0 heterocycles.